The number of hydrogen-bond donors (Lipinski definition) is 1. The number of H-pyrrole nitrogens is 1. The van der Waals surface area contributed by atoms with E-state index in [9.17, 15) is 0 Å². The molecule has 1 N–H and O–H groups in total. The molecule has 0 saturated heterocycles. The third kappa shape index (κ3) is 20.2. The molecule has 0 amide bonds. The summed E-state index contributed by atoms with van der Waals surface area (Å²) in [5.41, 5.74) is 0. The summed E-state index contributed by atoms with van der Waals surface area (Å²) in [6.07, 6.45) is 4.56. The monoisotopic (exact) mass is 299 g/mol. The third-order valence-electron chi connectivity index (χ3n) is 0.868. The fourth-order valence-electron chi connectivity index (χ4n) is 0.467. The molecule has 0 fully saturated rings. The molecule has 0 aliphatic rings. The van der Waals surface area contributed by atoms with Crippen LogP contribution in [0.1, 0.15) is 27.7 Å². The Bertz CT molecular complexity index is 155. The van der Waals surface area contributed by atoms with Crippen molar-refractivity contribution in [2.45, 2.75) is 27.7 Å². The van der Waals surface area contributed by atoms with Crippen molar-refractivity contribution in [1.82, 2.24) is 4.98 Å². The topological polar surface area (TPSA) is 15.8 Å². The molecule has 0 aromatic carbocycles. The summed E-state index contributed by atoms with van der Waals surface area (Å²) in [6, 6.07) is 7.75. The molecule has 0 aliphatic carbocycles. The number of nitrogens with one attached hydrogen (secondary N) is 1. The molecule has 1 radical (unpaired) electrons. The molecule has 0 aliphatic heterocycles. The summed E-state index contributed by atoms with van der Waals surface area (Å²) >= 11 is 1.71. The molecule has 1 nitrogen and oxygen atoms in total. The molecule has 0 bridgehead atoms. The van der Waals surface area contributed by atoms with Crippen LogP contribution in [0.25, 0.3) is 0 Å². The zero-order chi connectivity index (χ0) is 11.1. The largest absolute Gasteiger partial charge is 0.484 e. The van der Waals surface area contributed by atoms with E-state index in [4.69, 9.17) is 0 Å². The van der Waals surface area contributed by atoms with Gasteiger partial charge in [-0.1, -0.05) is 39.8 Å². The average Bonchev–Trinajstić information content (AvgIpc) is 3.01. The Balaban J connectivity index is -0.000000138. The molecule has 2 heterocycles. The van der Waals surface area contributed by atoms with Crippen molar-refractivity contribution in [3.63, 3.8) is 0 Å². The van der Waals surface area contributed by atoms with Crippen LogP contribution in [0.15, 0.2) is 41.2 Å². The minimum atomic E-state index is 0. The Labute approximate surface area is 123 Å². The Morgan fingerprint density at radius 1 is 0.933 bits per heavy atom. The average molecular weight is 299 g/mol. The van der Waals surface area contributed by atoms with Gasteiger partial charge in [-0.2, -0.15) is 29.7 Å². The van der Waals surface area contributed by atoms with Crippen LogP contribution in [0.2, 0.25) is 0 Å². The van der Waals surface area contributed by atoms with Crippen molar-refractivity contribution < 1.29 is 32.7 Å². The smallest absolute Gasteiger partial charge is 0 e. The summed E-state index contributed by atoms with van der Waals surface area (Å²) in [6.45, 7) is 8.00. The molecule has 0 spiro atoms. The summed E-state index contributed by atoms with van der Waals surface area (Å²) < 4.78 is 0. The molecule has 0 saturated carbocycles. The van der Waals surface area contributed by atoms with E-state index in [1.807, 2.05) is 68.9 Å². The number of aromatic amines is 1. The molecule has 0 atom stereocenters. The maximum absolute atomic E-state index is 2.74. The van der Waals surface area contributed by atoms with Gasteiger partial charge in [0, 0.05) is 32.7 Å². The molecule has 2 aromatic heterocycles. The predicted molar refractivity (Wildman–Crippen MR) is 66.6 cm³/mol. The normalized spacial score (nSPS) is 6.13. The van der Waals surface area contributed by atoms with Crippen molar-refractivity contribution in [3.05, 3.63) is 47.4 Å². The molecule has 2 rings (SSSR count). The molecule has 0 unspecified atom stereocenters. The Morgan fingerprint density at radius 2 is 1.47 bits per heavy atom. The van der Waals surface area contributed by atoms with Gasteiger partial charge in [-0.15, -0.1) is 6.20 Å². The van der Waals surface area contributed by atoms with Crippen molar-refractivity contribution >= 4 is 11.3 Å². The van der Waals surface area contributed by atoms with Gasteiger partial charge < -0.3 is 4.98 Å². The van der Waals surface area contributed by atoms with Crippen LogP contribution in [-0.4, -0.2) is 4.98 Å². The van der Waals surface area contributed by atoms with Gasteiger partial charge in [0.2, 0.25) is 0 Å². The SMILES string of the molecule is CC.CC.[Y].[c-]1ccc[nH]1.c1ccsc1. The summed E-state index contributed by atoms with van der Waals surface area (Å²) in [5.74, 6) is 0. The first kappa shape index (κ1) is 20.5. The van der Waals surface area contributed by atoms with Crippen molar-refractivity contribution in [2.75, 3.05) is 0 Å². The summed E-state index contributed by atoms with van der Waals surface area (Å²) in [4.78, 5) is 2.74. The molecule has 83 valence electrons. The van der Waals surface area contributed by atoms with Crippen LogP contribution in [0.4, 0.5) is 0 Å². The maximum Gasteiger partial charge on any atom is 0 e. The van der Waals surface area contributed by atoms with Crippen LogP contribution in [0.5, 0.6) is 0 Å². The minimum absolute atomic E-state index is 0. The van der Waals surface area contributed by atoms with Crippen molar-refractivity contribution in [1.29, 1.82) is 0 Å². The van der Waals surface area contributed by atoms with Gasteiger partial charge in [-0.3, -0.25) is 0 Å². The van der Waals surface area contributed by atoms with Crippen LogP contribution in [0.3, 0.4) is 0 Å². The number of hydrogen-bond acceptors (Lipinski definition) is 1. The Kier molecular flexibility index (Phi) is 32.4. The molecular formula is C12H20NSY-. The fourth-order valence-corrected chi connectivity index (χ4v) is 0.921. The number of rotatable bonds is 0. The zero-order valence-electron chi connectivity index (χ0n) is 10.0. The first-order valence-electron chi connectivity index (χ1n) is 4.97. The first-order chi connectivity index (χ1) is 7.00. The van der Waals surface area contributed by atoms with E-state index < -0.39 is 0 Å². The maximum atomic E-state index is 2.74. The van der Waals surface area contributed by atoms with Gasteiger partial charge in [0.25, 0.3) is 0 Å². The predicted octanol–water partition coefficient (Wildman–Crippen LogP) is 4.61. The van der Waals surface area contributed by atoms with Gasteiger partial charge in [0.05, 0.1) is 0 Å². The van der Waals surface area contributed by atoms with E-state index >= 15 is 0 Å². The second-order valence-electron chi connectivity index (χ2n) is 1.61. The van der Waals surface area contributed by atoms with E-state index in [1.54, 1.807) is 11.3 Å². The number of aromatic nitrogens is 1. The number of thiophene rings is 1. The van der Waals surface area contributed by atoms with Gasteiger partial charge in [0.15, 0.2) is 0 Å². The zero-order valence-corrected chi connectivity index (χ0v) is 13.7. The minimum Gasteiger partial charge on any atom is -0.484 e. The third-order valence-corrected chi connectivity index (χ3v) is 1.50. The second kappa shape index (κ2) is 23.7. The van der Waals surface area contributed by atoms with E-state index in [2.05, 4.69) is 11.2 Å². The van der Waals surface area contributed by atoms with E-state index in [-0.39, 0.29) is 32.7 Å². The molecular weight excluding hydrogens is 279 g/mol. The quantitative estimate of drug-likeness (QED) is 0.684. The van der Waals surface area contributed by atoms with Gasteiger partial charge in [-0.25, -0.2) is 0 Å². The van der Waals surface area contributed by atoms with Crippen molar-refractivity contribution in [3.8, 4) is 0 Å². The van der Waals surface area contributed by atoms with Crippen LogP contribution in [-0.2, 0) is 32.7 Å². The molecule has 3 heteroatoms. The van der Waals surface area contributed by atoms with E-state index in [1.165, 1.54) is 0 Å². The van der Waals surface area contributed by atoms with Crippen LogP contribution >= 0.6 is 11.3 Å². The van der Waals surface area contributed by atoms with Gasteiger partial charge in [-0.05, 0) is 10.8 Å². The van der Waals surface area contributed by atoms with Crippen LogP contribution < -0.4 is 0 Å². The van der Waals surface area contributed by atoms with E-state index in [0.717, 1.165) is 0 Å². The summed E-state index contributed by atoms with van der Waals surface area (Å²) in [7, 11) is 0. The van der Waals surface area contributed by atoms with Crippen molar-refractivity contribution in [2.24, 2.45) is 0 Å². The fraction of sp³-hybridized carbons (Fsp3) is 0.333. The van der Waals surface area contributed by atoms with Crippen LogP contribution in [0, 0.1) is 6.20 Å². The second-order valence-corrected chi connectivity index (χ2v) is 2.42. The first-order valence-corrected chi connectivity index (χ1v) is 5.91. The standard InChI is InChI=1S/C4H4N.C4H4S.2C2H6.Y/c2*1-2-4-5-3-1;2*1-2;/h1-3,5H;1-4H;2*1-2H3;/q-1;;;;. The van der Waals surface area contributed by atoms with Gasteiger partial charge >= 0.3 is 0 Å². The Morgan fingerprint density at radius 3 is 1.60 bits per heavy atom. The Hall–Kier alpha value is 0.0839. The molecule has 2 aromatic rings. The molecule has 15 heavy (non-hydrogen) atoms. The summed E-state index contributed by atoms with van der Waals surface area (Å²) in [5, 5.41) is 4.08. The van der Waals surface area contributed by atoms with Gasteiger partial charge in [0.1, 0.15) is 0 Å². The van der Waals surface area contributed by atoms with E-state index in [0.29, 0.717) is 0 Å².